The Morgan fingerprint density at radius 1 is 1.37 bits per heavy atom. The standard InChI is InChI=1S/C16H21ClO2/c1-12(19-11-13-6-3-2-4-7-13)16(18)14-8-5-9-15(17)10-14/h5,8-10,12-13H,2-4,6-7,11H2,1H3. The molecule has 0 saturated heterocycles. The normalized spacial score (nSPS) is 18.2. The summed E-state index contributed by atoms with van der Waals surface area (Å²) < 4.78 is 5.74. The quantitative estimate of drug-likeness (QED) is 0.742. The summed E-state index contributed by atoms with van der Waals surface area (Å²) in [5.74, 6) is 0.640. The lowest BCUT2D eigenvalue weighted by molar-refractivity contribution is 0.0286. The molecule has 0 aromatic heterocycles. The number of hydrogen-bond acceptors (Lipinski definition) is 2. The van der Waals surface area contributed by atoms with Gasteiger partial charge in [-0.1, -0.05) is 43.0 Å². The molecule has 1 saturated carbocycles. The molecule has 1 aliphatic carbocycles. The lowest BCUT2D eigenvalue weighted by Gasteiger charge is -2.23. The van der Waals surface area contributed by atoms with E-state index in [0.29, 0.717) is 23.1 Å². The van der Waals surface area contributed by atoms with Crippen molar-refractivity contribution in [2.45, 2.75) is 45.1 Å². The summed E-state index contributed by atoms with van der Waals surface area (Å²) in [7, 11) is 0. The van der Waals surface area contributed by atoms with Gasteiger partial charge in [0, 0.05) is 10.6 Å². The van der Waals surface area contributed by atoms with Crippen LogP contribution in [0.5, 0.6) is 0 Å². The molecular formula is C16H21ClO2. The maximum atomic E-state index is 12.2. The highest BCUT2D eigenvalue weighted by molar-refractivity contribution is 6.31. The number of ether oxygens (including phenoxy) is 1. The fraction of sp³-hybridized carbons (Fsp3) is 0.562. The fourth-order valence-corrected chi connectivity index (χ4v) is 2.78. The highest BCUT2D eigenvalue weighted by atomic mass is 35.5. The Bertz CT molecular complexity index is 425. The van der Waals surface area contributed by atoms with Gasteiger partial charge < -0.3 is 4.74 Å². The van der Waals surface area contributed by atoms with E-state index in [1.54, 1.807) is 24.3 Å². The molecule has 1 aromatic carbocycles. The van der Waals surface area contributed by atoms with Gasteiger partial charge in [0.15, 0.2) is 5.78 Å². The Morgan fingerprint density at radius 2 is 2.11 bits per heavy atom. The first-order chi connectivity index (χ1) is 9.16. The highest BCUT2D eigenvalue weighted by Gasteiger charge is 2.19. The Balaban J connectivity index is 1.85. The zero-order valence-electron chi connectivity index (χ0n) is 11.4. The number of benzene rings is 1. The van der Waals surface area contributed by atoms with Crippen molar-refractivity contribution in [1.29, 1.82) is 0 Å². The number of carbonyl (C=O) groups excluding carboxylic acids is 1. The van der Waals surface area contributed by atoms with Crippen molar-refractivity contribution in [2.24, 2.45) is 5.92 Å². The molecule has 1 atom stereocenters. The van der Waals surface area contributed by atoms with Crippen LogP contribution in [0.2, 0.25) is 5.02 Å². The third kappa shape index (κ3) is 4.32. The number of hydrogen-bond donors (Lipinski definition) is 0. The molecule has 104 valence electrons. The van der Waals surface area contributed by atoms with E-state index in [1.807, 2.05) is 6.92 Å². The topological polar surface area (TPSA) is 26.3 Å². The molecule has 0 N–H and O–H groups in total. The van der Waals surface area contributed by atoms with Crippen molar-refractivity contribution >= 4 is 17.4 Å². The third-order valence-corrected chi connectivity index (χ3v) is 4.02. The highest BCUT2D eigenvalue weighted by Crippen LogP contribution is 2.24. The van der Waals surface area contributed by atoms with E-state index < -0.39 is 0 Å². The lowest BCUT2D eigenvalue weighted by Crippen LogP contribution is -2.24. The van der Waals surface area contributed by atoms with Gasteiger partial charge in [-0.25, -0.2) is 0 Å². The molecule has 2 nitrogen and oxygen atoms in total. The minimum atomic E-state index is -0.389. The number of ketones is 1. The van der Waals surface area contributed by atoms with Gasteiger partial charge in [-0.15, -0.1) is 0 Å². The van der Waals surface area contributed by atoms with Crippen molar-refractivity contribution in [1.82, 2.24) is 0 Å². The summed E-state index contributed by atoms with van der Waals surface area (Å²) in [6.07, 6.45) is 6.01. The molecule has 0 amide bonds. The first-order valence-electron chi connectivity index (χ1n) is 7.08. The van der Waals surface area contributed by atoms with E-state index in [0.717, 1.165) is 0 Å². The average Bonchev–Trinajstić information content (AvgIpc) is 2.45. The smallest absolute Gasteiger partial charge is 0.191 e. The average molecular weight is 281 g/mol. The van der Waals surface area contributed by atoms with E-state index in [9.17, 15) is 4.79 Å². The first-order valence-corrected chi connectivity index (χ1v) is 7.46. The summed E-state index contributed by atoms with van der Waals surface area (Å²) in [6.45, 7) is 2.53. The maximum Gasteiger partial charge on any atom is 0.191 e. The molecule has 19 heavy (non-hydrogen) atoms. The van der Waals surface area contributed by atoms with Crippen LogP contribution in [0, 0.1) is 5.92 Å². The summed E-state index contributed by atoms with van der Waals surface area (Å²) in [5.41, 5.74) is 0.628. The maximum absolute atomic E-state index is 12.2. The SMILES string of the molecule is CC(OCC1CCCCC1)C(=O)c1cccc(Cl)c1. The summed E-state index contributed by atoms with van der Waals surface area (Å²) in [6, 6.07) is 7.05. The van der Waals surface area contributed by atoms with Crippen LogP contribution in [0.25, 0.3) is 0 Å². The predicted molar refractivity (Wildman–Crippen MR) is 77.8 cm³/mol. The summed E-state index contributed by atoms with van der Waals surface area (Å²) >= 11 is 5.90. The van der Waals surface area contributed by atoms with Crippen LogP contribution < -0.4 is 0 Å². The van der Waals surface area contributed by atoms with Gasteiger partial charge in [0.25, 0.3) is 0 Å². The Kier molecular flexibility index (Phi) is 5.41. The van der Waals surface area contributed by atoms with Crippen molar-refractivity contribution in [2.75, 3.05) is 6.61 Å². The van der Waals surface area contributed by atoms with Crippen LogP contribution in [0.1, 0.15) is 49.4 Å². The Morgan fingerprint density at radius 3 is 2.79 bits per heavy atom. The second-order valence-electron chi connectivity index (χ2n) is 5.35. The number of halogens is 1. The molecule has 1 unspecified atom stereocenters. The molecule has 2 rings (SSSR count). The van der Waals surface area contributed by atoms with Gasteiger partial charge in [0.2, 0.25) is 0 Å². The van der Waals surface area contributed by atoms with Crippen LogP contribution in [0.3, 0.4) is 0 Å². The number of Topliss-reactive ketones (excluding diaryl/α,β-unsaturated/α-hetero) is 1. The van der Waals surface area contributed by atoms with Gasteiger partial charge in [-0.3, -0.25) is 4.79 Å². The molecule has 0 radical (unpaired) electrons. The fourth-order valence-electron chi connectivity index (χ4n) is 2.59. The molecule has 0 aliphatic heterocycles. The molecule has 0 heterocycles. The van der Waals surface area contributed by atoms with E-state index in [1.165, 1.54) is 32.1 Å². The zero-order valence-corrected chi connectivity index (χ0v) is 12.2. The molecular weight excluding hydrogens is 260 g/mol. The monoisotopic (exact) mass is 280 g/mol. The van der Waals surface area contributed by atoms with E-state index in [4.69, 9.17) is 16.3 Å². The minimum Gasteiger partial charge on any atom is -0.370 e. The van der Waals surface area contributed by atoms with Crippen LogP contribution in [-0.4, -0.2) is 18.5 Å². The predicted octanol–water partition coefficient (Wildman–Crippen LogP) is 4.51. The van der Waals surface area contributed by atoms with E-state index in [-0.39, 0.29) is 11.9 Å². The molecule has 1 aromatic rings. The van der Waals surface area contributed by atoms with Crippen molar-refractivity contribution < 1.29 is 9.53 Å². The number of carbonyl (C=O) groups is 1. The van der Waals surface area contributed by atoms with Crippen LogP contribution in [-0.2, 0) is 4.74 Å². The van der Waals surface area contributed by atoms with Gasteiger partial charge in [0.1, 0.15) is 6.10 Å². The third-order valence-electron chi connectivity index (χ3n) is 3.79. The molecule has 0 bridgehead atoms. The van der Waals surface area contributed by atoms with Crippen molar-refractivity contribution in [3.05, 3.63) is 34.9 Å². The molecule has 3 heteroatoms. The van der Waals surface area contributed by atoms with Crippen LogP contribution >= 0.6 is 11.6 Å². The molecule has 1 fully saturated rings. The molecule has 0 spiro atoms. The van der Waals surface area contributed by atoms with Crippen LogP contribution in [0.4, 0.5) is 0 Å². The van der Waals surface area contributed by atoms with Crippen LogP contribution in [0.15, 0.2) is 24.3 Å². The lowest BCUT2D eigenvalue weighted by atomic mass is 9.90. The van der Waals surface area contributed by atoms with E-state index in [2.05, 4.69) is 0 Å². The Labute approximate surface area is 120 Å². The largest absolute Gasteiger partial charge is 0.370 e. The van der Waals surface area contributed by atoms with Gasteiger partial charge in [0.05, 0.1) is 6.61 Å². The zero-order chi connectivity index (χ0) is 13.7. The van der Waals surface area contributed by atoms with E-state index >= 15 is 0 Å². The van der Waals surface area contributed by atoms with Crippen molar-refractivity contribution in [3.8, 4) is 0 Å². The second-order valence-corrected chi connectivity index (χ2v) is 5.79. The number of rotatable bonds is 5. The summed E-state index contributed by atoms with van der Waals surface area (Å²) in [5, 5.41) is 0.588. The Hall–Kier alpha value is -0.860. The second kappa shape index (κ2) is 7.06. The van der Waals surface area contributed by atoms with Gasteiger partial charge in [-0.05, 0) is 37.8 Å². The molecule has 1 aliphatic rings. The van der Waals surface area contributed by atoms with Gasteiger partial charge in [-0.2, -0.15) is 0 Å². The van der Waals surface area contributed by atoms with Gasteiger partial charge >= 0.3 is 0 Å². The van der Waals surface area contributed by atoms with Crippen molar-refractivity contribution in [3.63, 3.8) is 0 Å². The summed E-state index contributed by atoms with van der Waals surface area (Å²) in [4.78, 5) is 12.2. The first kappa shape index (κ1) is 14.5. The minimum absolute atomic E-state index is 0.0123.